The molecule has 2 aromatic carbocycles. The van der Waals surface area contributed by atoms with Crippen LogP contribution < -0.4 is 11.3 Å². The number of hydrogen-bond donors (Lipinski definition) is 2. The van der Waals surface area contributed by atoms with Gasteiger partial charge < -0.3 is 10.7 Å². The Bertz CT molecular complexity index is 1190. The molecule has 0 aliphatic rings. The molecule has 0 radical (unpaired) electrons. The van der Waals surface area contributed by atoms with Crippen molar-refractivity contribution in [1.29, 1.82) is 0 Å². The van der Waals surface area contributed by atoms with Crippen LogP contribution in [-0.4, -0.2) is 15.9 Å². The molecule has 2 aromatic heterocycles. The quantitative estimate of drug-likeness (QED) is 0.595. The predicted molar refractivity (Wildman–Crippen MR) is 100 cm³/mol. The topological polar surface area (TPSA) is 88.8 Å². The lowest BCUT2D eigenvalue weighted by atomic mass is 10.0. The van der Waals surface area contributed by atoms with Gasteiger partial charge in [0.1, 0.15) is 10.7 Å². The van der Waals surface area contributed by atoms with Gasteiger partial charge in [-0.25, -0.2) is 4.98 Å². The molecule has 0 aliphatic heterocycles. The number of aryl methyl sites for hydroxylation is 1. The van der Waals surface area contributed by atoms with E-state index < -0.39 is 5.91 Å². The number of nitrogens with zero attached hydrogens (tertiary/aromatic N) is 1. The van der Waals surface area contributed by atoms with E-state index in [1.54, 1.807) is 6.92 Å². The minimum Gasteiger partial charge on any atom is -0.365 e. The average molecular weight is 349 g/mol. The molecule has 0 atom stereocenters. The summed E-state index contributed by atoms with van der Waals surface area (Å²) in [5.74, 6) is 0.0432. The fourth-order valence-electron chi connectivity index (χ4n) is 3.13. The second-order valence-corrected chi connectivity index (χ2v) is 6.93. The number of carbonyl (C=O) groups is 1. The van der Waals surface area contributed by atoms with Gasteiger partial charge in [-0.1, -0.05) is 42.5 Å². The van der Waals surface area contributed by atoms with Crippen molar-refractivity contribution in [2.24, 2.45) is 5.73 Å². The molecule has 0 aliphatic carbocycles. The van der Waals surface area contributed by atoms with E-state index in [0.29, 0.717) is 32.9 Å². The van der Waals surface area contributed by atoms with Gasteiger partial charge in [0.15, 0.2) is 0 Å². The van der Waals surface area contributed by atoms with Gasteiger partial charge in [0.2, 0.25) is 0 Å². The Labute approximate surface area is 147 Å². The number of fused-ring (bicyclic) bond motifs is 2. The summed E-state index contributed by atoms with van der Waals surface area (Å²) in [5.41, 5.74) is 6.83. The lowest BCUT2D eigenvalue weighted by molar-refractivity contribution is 0.100. The summed E-state index contributed by atoms with van der Waals surface area (Å²) >= 11 is 1.17. The van der Waals surface area contributed by atoms with E-state index in [-0.39, 0.29) is 5.56 Å². The summed E-state index contributed by atoms with van der Waals surface area (Å²) in [7, 11) is 0. The van der Waals surface area contributed by atoms with Gasteiger partial charge in [-0.3, -0.25) is 9.59 Å². The van der Waals surface area contributed by atoms with Crippen LogP contribution in [0.1, 0.15) is 26.6 Å². The number of thiophene rings is 1. The van der Waals surface area contributed by atoms with Crippen molar-refractivity contribution in [1.82, 2.24) is 9.97 Å². The number of rotatable bonds is 3. The zero-order valence-electron chi connectivity index (χ0n) is 13.5. The molecule has 4 aromatic rings. The van der Waals surface area contributed by atoms with Crippen molar-refractivity contribution in [2.75, 3.05) is 0 Å². The Kier molecular flexibility index (Phi) is 3.62. The Morgan fingerprint density at radius 3 is 2.76 bits per heavy atom. The fraction of sp³-hybridized carbons (Fsp3) is 0.105. The first-order valence-corrected chi connectivity index (χ1v) is 8.65. The molecule has 0 spiro atoms. The van der Waals surface area contributed by atoms with Crippen molar-refractivity contribution < 1.29 is 4.79 Å². The number of primary amides is 1. The Hall–Kier alpha value is -2.99. The van der Waals surface area contributed by atoms with Gasteiger partial charge in [-0.2, -0.15) is 0 Å². The van der Waals surface area contributed by atoms with Crippen molar-refractivity contribution >= 4 is 38.2 Å². The highest BCUT2D eigenvalue weighted by Gasteiger charge is 2.17. The fourth-order valence-corrected chi connectivity index (χ4v) is 4.19. The summed E-state index contributed by atoms with van der Waals surface area (Å²) in [4.78, 5) is 32.3. The zero-order valence-corrected chi connectivity index (χ0v) is 14.3. The van der Waals surface area contributed by atoms with Gasteiger partial charge in [0, 0.05) is 6.42 Å². The standard InChI is InChI=1S/C19H15N3O2S/c1-10-15-18(24)21-14(22-19(15)25-16(10)17(20)23)9-12-7-4-6-11-5-2-3-8-13(11)12/h2-8H,9H2,1H3,(H2,20,23)(H,21,22,24). The molecule has 124 valence electrons. The first-order chi connectivity index (χ1) is 12.0. The number of carbonyl (C=O) groups excluding carboxylic acids is 1. The molecule has 4 rings (SSSR count). The van der Waals surface area contributed by atoms with Crippen molar-refractivity contribution in [3.8, 4) is 0 Å². The number of aromatic nitrogens is 2. The maximum absolute atomic E-state index is 12.5. The van der Waals surface area contributed by atoms with Crippen LogP contribution in [0.4, 0.5) is 0 Å². The van der Waals surface area contributed by atoms with Gasteiger partial charge in [0.05, 0.1) is 10.3 Å². The molecular formula is C19H15N3O2S. The maximum Gasteiger partial charge on any atom is 0.259 e. The molecule has 1 amide bonds. The van der Waals surface area contributed by atoms with E-state index in [9.17, 15) is 9.59 Å². The minimum absolute atomic E-state index is 0.235. The molecular weight excluding hydrogens is 334 g/mol. The number of benzene rings is 2. The minimum atomic E-state index is -0.532. The second kappa shape index (κ2) is 5.82. The molecule has 25 heavy (non-hydrogen) atoms. The van der Waals surface area contributed by atoms with Crippen molar-refractivity contribution in [3.05, 3.63) is 74.6 Å². The third kappa shape index (κ3) is 2.60. The largest absolute Gasteiger partial charge is 0.365 e. The number of hydrogen-bond acceptors (Lipinski definition) is 4. The molecule has 0 saturated heterocycles. The number of H-pyrrole nitrogens is 1. The molecule has 0 bridgehead atoms. The molecule has 0 fully saturated rings. The van der Waals surface area contributed by atoms with Crippen molar-refractivity contribution in [2.45, 2.75) is 13.3 Å². The first kappa shape index (κ1) is 15.5. The van der Waals surface area contributed by atoms with Crippen LogP contribution in [-0.2, 0) is 6.42 Å². The molecule has 0 unspecified atom stereocenters. The van der Waals surface area contributed by atoms with Gasteiger partial charge in [-0.15, -0.1) is 11.3 Å². The molecule has 3 N–H and O–H groups in total. The SMILES string of the molecule is Cc1c(C(N)=O)sc2nc(Cc3cccc4ccccc34)[nH]c(=O)c12. The van der Waals surface area contributed by atoms with Crippen LogP contribution in [0.3, 0.4) is 0 Å². The molecule has 5 nitrogen and oxygen atoms in total. The van der Waals surface area contributed by atoms with E-state index in [0.717, 1.165) is 16.3 Å². The van der Waals surface area contributed by atoms with Crippen molar-refractivity contribution in [3.63, 3.8) is 0 Å². The second-order valence-electron chi connectivity index (χ2n) is 5.93. The lowest BCUT2D eigenvalue weighted by Crippen LogP contribution is -2.13. The average Bonchev–Trinajstić information content (AvgIpc) is 2.92. The van der Waals surface area contributed by atoms with Gasteiger partial charge in [-0.05, 0) is 28.8 Å². The maximum atomic E-state index is 12.5. The summed E-state index contributed by atoms with van der Waals surface area (Å²) < 4.78 is 0. The van der Waals surface area contributed by atoms with E-state index >= 15 is 0 Å². The predicted octanol–water partition coefficient (Wildman–Crippen LogP) is 3.14. The molecule has 2 heterocycles. The first-order valence-electron chi connectivity index (χ1n) is 7.83. The smallest absolute Gasteiger partial charge is 0.259 e. The zero-order chi connectivity index (χ0) is 17.6. The highest BCUT2D eigenvalue weighted by atomic mass is 32.1. The third-order valence-corrected chi connectivity index (χ3v) is 5.51. The summed E-state index contributed by atoms with van der Waals surface area (Å²) in [6, 6.07) is 14.2. The summed E-state index contributed by atoms with van der Waals surface area (Å²) in [5, 5.41) is 2.72. The molecule has 0 saturated carbocycles. The lowest BCUT2D eigenvalue weighted by Gasteiger charge is -2.06. The number of nitrogens with one attached hydrogen (secondary N) is 1. The van der Waals surface area contributed by atoms with Crippen LogP contribution in [0.2, 0.25) is 0 Å². The number of nitrogens with two attached hydrogens (primary N) is 1. The Morgan fingerprint density at radius 2 is 1.96 bits per heavy atom. The third-order valence-electron chi connectivity index (χ3n) is 4.31. The summed E-state index contributed by atoms with van der Waals surface area (Å²) in [6.07, 6.45) is 0.509. The van der Waals surface area contributed by atoms with Gasteiger partial charge in [0.25, 0.3) is 11.5 Å². The van der Waals surface area contributed by atoms with Crippen LogP contribution in [0.15, 0.2) is 47.3 Å². The van der Waals surface area contributed by atoms with E-state index in [2.05, 4.69) is 28.2 Å². The van der Waals surface area contributed by atoms with Crippen LogP contribution in [0.5, 0.6) is 0 Å². The summed E-state index contributed by atoms with van der Waals surface area (Å²) in [6.45, 7) is 1.72. The highest BCUT2D eigenvalue weighted by Crippen LogP contribution is 2.27. The number of aromatic amines is 1. The highest BCUT2D eigenvalue weighted by molar-refractivity contribution is 7.20. The Balaban J connectivity index is 1.85. The molecule has 6 heteroatoms. The number of amides is 1. The van der Waals surface area contributed by atoms with E-state index in [1.807, 2.05) is 24.3 Å². The monoisotopic (exact) mass is 349 g/mol. The van der Waals surface area contributed by atoms with Gasteiger partial charge >= 0.3 is 0 Å². The van der Waals surface area contributed by atoms with E-state index in [4.69, 9.17) is 5.73 Å². The van der Waals surface area contributed by atoms with Crippen LogP contribution in [0.25, 0.3) is 21.0 Å². The van der Waals surface area contributed by atoms with Crippen LogP contribution in [0, 0.1) is 6.92 Å². The van der Waals surface area contributed by atoms with Crippen LogP contribution >= 0.6 is 11.3 Å². The Morgan fingerprint density at radius 1 is 1.20 bits per heavy atom. The van der Waals surface area contributed by atoms with E-state index in [1.165, 1.54) is 11.3 Å². The normalized spacial score (nSPS) is 11.2.